The number of phenols is 1. The summed E-state index contributed by atoms with van der Waals surface area (Å²) in [5.74, 6) is 0.598. The SMILES string of the molecule is COc1ccc([C@@H]2[C@@H](CCCCc3ccc(F)cc3)NC(=S)N2c2ccccc2)c(O)c1. The minimum atomic E-state index is -0.208. The van der Waals surface area contributed by atoms with Gasteiger partial charge in [0.15, 0.2) is 5.11 Å². The number of phenolic OH excluding ortho intramolecular Hbond substituents is 1. The van der Waals surface area contributed by atoms with E-state index >= 15 is 0 Å². The van der Waals surface area contributed by atoms with Crippen LogP contribution in [0.1, 0.15) is 36.4 Å². The first kappa shape index (κ1) is 22.1. The lowest BCUT2D eigenvalue weighted by atomic mass is 9.93. The quantitative estimate of drug-likeness (QED) is 0.338. The Balaban J connectivity index is 1.53. The Kier molecular flexibility index (Phi) is 6.90. The molecule has 1 fully saturated rings. The van der Waals surface area contributed by atoms with Crippen LogP contribution in [-0.2, 0) is 6.42 Å². The van der Waals surface area contributed by atoms with E-state index in [1.165, 1.54) is 12.1 Å². The number of methoxy groups -OCH3 is 1. The van der Waals surface area contributed by atoms with Gasteiger partial charge < -0.3 is 20.1 Å². The zero-order chi connectivity index (χ0) is 22.5. The number of anilines is 1. The van der Waals surface area contributed by atoms with Gasteiger partial charge in [-0.15, -0.1) is 0 Å². The molecule has 0 saturated carbocycles. The van der Waals surface area contributed by atoms with Gasteiger partial charge in [-0.25, -0.2) is 4.39 Å². The molecule has 1 aliphatic rings. The monoisotopic (exact) mass is 450 g/mol. The fraction of sp³-hybridized carbons (Fsp3) is 0.269. The number of nitrogens with zero attached hydrogens (tertiary/aromatic N) is 1. The van der Waals surface area contributed by atoms with Crippen molar-refractivity contribution in [2.24, 2.45) is 0 Å². The van der Waals surface area contributed by atoms with Crippen LogP contribution >= 0.6 is 12.2 Å². The maximum atomic E-state index is 13.1. The Morgan fingerprint density at radius 2 is 1.78 bits per heavy atom. The molecule has 4 nitrogen and oxygen atoms in total. The van der Waals surface area contributed by atoms with Crippen LogP contribution in [0.4, 0.5) is 10.1 Å². The van der Waals surface area contributed by atoms with Gasteiger partial charge in [0.1, 0.15) is 17.3 Å². The molecule has 0 spiro atoms. The first-order valence-corrected chi connectivity index (χ1v) is 11.2. The highest BCUT2D eigenvalue weighted by Crippen LogP contribution is 2.40. The molecular formula is C26H27FN2O2S. The van der Waals surface area contributed by atoms with Gasteiger partial charge in [-0.2, -0.15) is 0 Å². The molecule has 0 aliphatic carbocycles. The van der Waals surface area contributed by atoms with Crippen molar-refractivity contribution in [3.05, 3.63) is 89.7 Å². The molecule has 0 aromatic heterocycles. The number of hydrogen-bond acceptors (Lipinski definition) is 3. The van der Waals surface area contributed by atoms with Crippen LogP contribution in [-0.4, -0.2) is 23.4 Å². The molecule has 2 N–H and O–H groups in total. The molecule has 4 rings (SSSR count). The third-order valence-corrected chi connectivity index (χ3v) is 6.24. The molecule has 2 atom stereocenters. The van der Waals surface area contributed by atoms with E-state index in [1.54, 1.807) is 13.2 Å². The Hall–Kier alpha value is -3.12. The van der Waals surface area contributed by atoms with E-state index < -0.39 is 0 Å². The number of rotatable bonds is 8. The van der Waals surface area contributed by atoms with E-state index in [4.69, 9.17) is 17.0 Å². The van der Waals surface area contributed by atoms with Crippen molar-refractivity contribution in [2.75, 3.05) is 12.0 Å². The zero-order valence-electron chi connectivity index (χ0n) is 18.0. The molecule has 0 amide bonds. The highest BCUT2D eigenvalue weighted by Gasteiger charge is 2.39. The summed E-state index contributed by atoms with van der Waals surface area (Å²) in [6.45, 7) is 0. The van der Waals surface area contributed by atoms with Crippen LogP contribution in [0.2, 0.25) is 0 Å². The van der Waals surface area contributed by atoms with Crippen LogP contribution in [0.25, 0.3) is 0 Å². The molecule has 1 heterocycles. The first-order chi connectivity index (χ1) is 15.6. The highest BCUT2D eigenvalue weighted by molar-refractivity contribution is 7.80. The van der Waals surface area contributed by atoms with Gasteiger partial charge in [-0.05, 0) is 73.4 Å². The third kappa shape index (κ3) is 4.86. The zero-order valence-corrected chi connectivity index (χ0v) is 18.8. The second-order valence-corrected chi connectivity index (χ2v) is 8.39. The summed E-state index contributed by atoms with van der Waals surface area (Å²) in [7, 11) is 1.58. The number of ether oxygens (including phenoxy) is 1. The summed E-state index contributed by atoms with van der Waals surface area (Å²) in [6.07, 6.45) is 3.76. The Labute approximate surface area is 193 Å². The molecule has 0 unspecified atom stereocenters. The van der Waals surface area contributed by atoms with Gasteiger partial charge in [0, 0.05) is 17.3 Å². The summed E-state index contributed by atoms with van der Waals surface area (Å²) in [4.78, 5) is 2.08. The van der Waals surface area contributed by atoms with Crippen molar-refractivity contribution in [2.45, 2.75) is 37.8 Å². The largest absolute Gasteiger partial charge is 0.507 e. The number of para-hydroxylation sites is 1. The normalized spacial score (nSPS) is 17.9. The summed E-state index contributed by atoms with van der Waals surface area (Å²) in [6, 6.07) is 22.0. The van der Waals surface area contributed by atoms with Gasteiger partial charge in [0.2, 0.25) is 0 Å². The molecule has 3 aromatic carbocycles. The Morgan fingerprint density at radius 1 is 1.03 bits per heavy atom. The van der Waals surface area contributed by atoms with Crippen LogP contribution in [0.3, 0.4) is 0 Å². The second-order valence-electron chi connectivity index (χ2n) is 8.00. The van der Waals surface area contributed by atoms with Crippen molar-refractivity contribution >= 4 is 23.0 Å². The average Bonchev–Trinajstić information content (AvgIpc) is 3.14. The molecule has 1 saturated heterocycles. The van der Waals surface area contributed by atoms with Crippen LogP contribution in [0, 0.1) is 5.82 Å². The summed E-state index contributed by atoms with van der Waals surface area (Å²) in [5, 5.41) is 14.9. The predicted octanol–water partition coefficient (Wildman–Crippen LogP) is 5.76. The van der Waals surface area contributed by atoms with Gasteiger partial charge >= 0.3 is 0 Å². The lowest BCUT2D eigenvalue weighted by Crippen LogP contribution is -2.29. The van der Waals surface area contributed by atoms with E-state index in [2.05, 4.69) is 10.2 Å². The van der Waals surface area contributed by atoms with Crippen molar-refractivity contribution in [3.8, 4) is 11.5 Å². The molecule has 6 heteroatoms. The van der Waals surface area contributed by atoms with E-state index in [1.807, 2.05) is 54.6 Å². The molecule has 0 bridgehead atoms. The Morgan fingerprint density at radius 3 is 2.47 bits per heavy atom. The minimum absolute atomic E-state index is 0.0511. The lowest BCUT2D eigenvalue weighted by molar-refractivity contribution is 0.402. The number of unbranched alkanes of at least 4 members (excludes halogenated alkanes) is 1. The summed E-state index contributed by atoms with van der Waals surface area (Å²) >= 11 is 5.71. The number of nitrogens with one attached hydrogen (secondary N) is 1. The lowest BCUT2D eigenvalue weighted by Gasteiger charge is -2.29. The van der Waals surface area contributed by atoms with Crippen LogP contribution < -0.4 is 15.0 Å². The molecule has 166 valence electrons. The van der Waals surface area contributed by atoms with Gasteiger partial charge in [-0.1, -0.05) is 36.8 Å². The van der Waals surface area contributed by atoms with Gasteiger partial charge in [0.05, 0.1) is 19.2 Å². The van der Waals surface area contributed by atoms with E-state index in [0.29, 0.717) is 10.9 Å². The summed E-state index contributed by atoms with van der Waals surface area (Å²) in [5.41, 5.74) is 2.93. The van der Waals surface area contributed by atoms with Crippen LogP contribution in [0.5, 0.6) is 11.5 Å². The number of aromatic hydroxyl groups is 1. The first-order valence-electron chi connectivity index (χ1n) is 10.8. The standard InChI is InChI=1S/C26H27FN2O2S/c1-31-21-15-16-22(24(30)17-21)25-23(10-6-5-7-18-11-13-19(27)14-12-18)28-26(32)29(25)20-8-3-2-4-9-20/h2-4,8-9,11-17,23,25,30H,5-7,10H2,1H3,(H,28,32)/t23-,25-/m1/s1. The van der Waals surface area contributed by atoms with Gasteiger partial charge in [-0.3, -0.25) is 0 Å². The fourth-order valence-electron chi connectivity index (χ4n) is 4.31. The molecule has 3 aromatic rings. The van der Waals surface area contributed by atoms with Crippen molar-refractivity contribution < 1.29 is 14.2 Å². The average molecular weight is 451 g/mol. The van der Waals surface area contributed by atoms with Gasteiger partial charge in [0.25, 0.3) is 0 Å². The number of aryl methyl sites for hydroxylation is 1. The maximum Gasteiger partial charge on any atom is 0.174 e. The van der Waals surface area contributed by atoms with E-state index in [9.17, 15) is 9.50 Å². The van der Waals surface area contributed by atoms with Crippen LogP contribution in [0.15, 0.2) is 72.8 Å². The van der Waals surface area contributed by atoms with Crippen molar-refractivity contribution in [3.63, 3.8) is 0 Å². The Bertz CT molecular complexity index is 1060. The predicted molar refractivity (Wildman–Crippen MR) is 130 cm³/mol. The smallest absolute Gasteiger partial charge is 0.174 e. The third-order valence-electron chi connectivity index (χ3n) is 5.92. The molecular weight excluding hydrogens is 423 g/mol. The number of halogens is 1. The number of hydrogen-bond donors (Lipinski definition) is 2. The second kappa shape index (κ2) is 10.0. The minimum Gasteiger partial charge on any atom is -0.507 e. The maximum absolute atomic E-state index is 13.1. The van der Waals surface area contributed by atoms with E-state index in [0.717, 1.165) is 42.5 Å². The fourth-order valence-corrected chi connectivity index (χ4v) is 4.68. The molecule has 0 radical (unpaired) electrons. The number of benzene rings is 3. The van der Waals surface area contributed by atoms with Crippen molar-refractivity contribution in [1.82, 2.24) is 5.32 Å². The highest BCUT2D eigenvalue weighted by atomic mass is 32.1. The van der Waals surface area contributed by atoms with Crippen molar-refractivity contribution in [1.29, 1.82) is 0 Å². The molecule has 1 aliphatic heterocycles. The summed E-state index contributed by atoms with van der Waals surface area (Å²) < 4.78 is 18.4. The number of thiocarbonyl (C=S) groups is 1. The van der Waals surface area contributed by atoms with E-state index in [-0.39, 0.29) is 23.7 Å². The molecule has 32 heavy (non-hydrogen) atoms. The topological polar surface area (TPSA) is 44.7 Å².